The predicted octanol–water partition coefficient (Wildman–Crippen LogP) is 4.12. The average molecular weight is 358 g/mol. The smallest absolute Gasteiger partial charge is 0.271 e. The number of carbonyl (C=O) groups excluding carboxylic acids is 1. The Morgan fingerprint density at radius 3 is 2.69 bits per heavy atom. The second kappa shape index (κ2) is 8.51. The monoisotopic (exact) mass is 358 g/mol. The van der Waals surface area contributed by atoms with Crippen LogP contribution in [-0.4, -0.2) is 22.6 Å². The van der Waals surface area contributed by atoms with Crippen molar-refractivity contribution in [3.8, 4) is 0 Å². The van der Waals surface area contributed by atoms with Crippen molar-refractivity contribution in [1.29, 1.82) is 0 Å². The number of benzene rings is 1. The molecule has 0 spiro atoms. The van der Waals surface area contributed by atoms with Gasteiger partial charge in [0.05, 0.1) is 5.69 Å². The number of amides is 1. The predicted molar refractivity (Wildman–Crippen MR) is 95.2 cm³/mol. The number of hydrogen-bond donors (Lipinski definition) is 2. The van der Waals surface area contributed by atoms with Crippen LogP contribution in [0.2, 0.25) is 0 Å². The molecule has 1 aromatic carbocycles. The van der Waals surface area contributed by atoms with Gasteiger partial charge in [0.1, 0.15) is 11.6 Å². The SMILES string of the molecule is O=C(NCCC1=CCCCC1)c1ccc(Nc2ccc(F)cc2F)nn1. The Balaban J connectivity index is 1.53. The minimum atomic E-state index is -0.731. The molecule has 1 aliphatic carbocycles. The fourth-order valence-electron chi connectivity index (χ4n) is 2.81. The van der Waals surface area contributed by atoms with Gasteiger partial charge in [-0.25, -0.2) is 8.78 Å². The van der Waals surface area contributed by atoms with Crippen LogP contribution in [0, 0.1) is 11.6 Å². The highest BCUT2D eigenvalue weighted by atomic mass is 19.1. The van der Waals surface area contributed by atoms with Crippen LogP contribution >= 0.6 is 0 Å². The van der Waals surface area contributed by atoms with Gasteiger partial charge in [0, 0.05) is 12.6 Å². The summed E-state index contributed by atoms with van der Waals surface area (Å²) in [5.41, 5.74) is 1.66. The Morgan fingerprint density at radius 1 is 1.12 bits per heavy atom. The summed E-state index contributed by atoms with van der Waals surface area (Å²) in [4.78, 5) is 12.1. The zero-order chi connectivity index (χ0) is 18.4. The number of nitrogens with zero attached hydrogens (tertiary/aromatic N) is 2. The molecule has 1 aliphatic rings. The molecule has 1 heterocycles. The number of anilines is 2. The van der Waals surface area contributed by atoms with Gasteiger partial charge in [-0.3, -0.25) is 4.79 Å². The molecule has 0 atom stereocenters. The van der Waals surface area contributed by atoms with E-state index in [1.54, 1.807) is 0 Å². The van der Waals surface area contributed by atoms with E-state index in [0.29, 0.717) is 6.54 Å². The maximum atomic E-state index is 13.6. The van der Waals surface area contributed by atoms with E-state index in [4.69, 9.17) is 0 Å². The lowest BCUT2D eigenvalue weighted by Gasteiger charge is -2.12. The molecule has 5 nitrogen and oxygen atoms in total. The number of nitrogens with one attached hydrogen (secondary N) is 2. The highest BCUT2D eigenvalue weighted by molar-refractivity contribution is 5.92. The molecule has 2 N–H and O–H groups in total. The molecule has 0 bridgehead atoms. The fraction of sp³-hybridized carbons (Fsp3) is 0.316. The topological polar surface area (TPSA) is 66.9 Å². The molecule has 0 aliphatic heterocycles. The van der Waals surface area contributed by atoms with Crippen LogP contribution in [0.15, 0.2) is 42.0 Å². The van der Waals surface area contributed by atoms with Gasteiger partial charge in [-0.05, 0) is 56.4 Å². The second-order valence-corrected chi connectivity index (χ2v) is 6.17. The zero-order valence-electron chi connectivity index (χ0n) is 14.3. The van der Waals surface area contributed by atoms with Crippen LogP contribution in [-0.2, 0) is 0 Å². The Hall–Kier alpha value is -2.83. The number of hydrogen-bond acceptors (Lipinski definition) is 4. The lowest BCUT2D eigenvalue weighted by atomic mass is 9.97. The van der Waals surface area contributed by atoms with Gasteiger partial charge >= 0.3 is 0 Å². The van der Waals surface area contributed by atoms with Crippen LogP contribution in [0.5, 0.6) is 0 Å². The molecule has 0 saturated heterocycles. The highest BCUT2D eigenvalue weighted by Crippen LogP contribution is 2.20. The van der Waals surface area contributed by atoms with Gasteiger partial charge in [-0.15, -0.1) is 10.2 Å². The van der Waals surface area contributed by atoms with Gasteiger partial charge in [0.2, 0.25) is 0 Å². The third-order valence-electron chi connectivity index (χ3n) is 4.21. The van der Waals surface area contributed by atoms with Gasteiger partial charge in [0.25, 0.3) is 5.91 Å². The van der Waals surface area contributed by atoms with Gasteiger partial charge in [0.15, 0.2) is 11.5 Å². The van der Waals surface area contributed by atoms with Crippen molar-refractivity contribution in [3.05, 3.63) is 59.3 Å². The van der Waals surface area contributed by atoms with E-state index >= 15 is 0 Å². The van der Waals surface area contributed by atoms with E-state index in [1.807, 2.05) is 0 Å². The minimum Gasteiger partial charge on any atom is -0.350 e. The number of allylic oxidation sites excluding steroid dienone is 1. The van der Waals surface area contributed by atoms with Crippen LogP contribution in [0.3, 0.4) is 0 Å². The van der Waals surface area contributed by atoms with Crippen molar-refractivity contribution in [2.75, 3.05) is 11.9 Å². The van der Waals surface area contributed by atoms with E-state index in [-0.39, 0.29) is 23.1 Å². The summed E-state index contributed by atoms with van der Waals surface area (Å²) < 4.78 is 26.5. The van der Waals surface area contributed by atoms with E-state index in [0.717, 1.165) is 31.4 Å². The molecule has 0 radical (unpaired) electrons. The number of aromatic nitrogens is 2. The highest BCUT2D eigenvalue weighted by Gasteiger charge is 2.10. The summed E-state index contributed by atoms with van der Waals surface area (Å²) >= 11 is 0. The third kappa shape index (κ3) is 4.84. The van der Waals surface area contributed by atoms with Gasteiger partial charge in [-0.1, -0.05) is 11.6 Å². The van der Waals surface area contributed by atoms with Crippen molar-refractivity contribution < 1.29 is 13.6 Å². The Labute approximate surface area is 150 Å². The second-order valence-electron chi connectivity index (χ2n) is 6.17. The Morgan fingerprint density at radius 2 is 2.00 bits per heavy atom. The normalized spacial score (nSPS) is 13.8. The number of carbonyl (C=O) groups is 1. The number of halogens is 2. The summed E-state index contributed by atoms with van der Waals surface area (Å²) in [5.74, 6) is -1.42. The molecule has 136 valence electrons. The largest absolute Gasteiger partial charge is 0.350 e. The van der Waals surface area contributed by atoms with E-state index in [9.17, 15) is 13.6 Å². The first-order chi connectivity index (χ1) is 12.6. The molecule has 2 aromatic rings. The van der Waals surface area contributed by atoms with Crippen molar-refractivity contribution in [2.45, 2.75) is 32.1 Å². The zero-order valence-corrected chi connectivity index (χ0v) is 14.3. The summed E-state index contributed by atoms with van der Waals surface area (Å²) in [6.45, 7) is 0.563. The molecule has 3 rings (SSSR count). The molecule has 26 heavy (non-hydrogen) atoms. The lowest BCUT2D eigenvalue weighted by Crippen LogP contribution is -2.26. The Bertz CT molecular complexity index is 806. The van der Waals surface area contributed by atoms with Crippen LogP contribution in [0.4, 0.5) is 20.3 Å². The molecule has 1 amide bonds. The van der Waals surface area contributed by atoms with Crippen LogP contribution in [0.1, 0.15) is 42.6 Å². The third-order valence-corrected chi connectivity index (χ3v) is 4.21. The summed E-state index contributed by atoms with van der Waals surface area (Å²) in [6.07, 6.45) is 7.79. The van der Waals surface area contributed by atoms with Gasteiger partial charge in [-0.2, -0.15) is 0 Å². The quantitative estimate of drug-likeness (QED) is 0.763. The first-order valence-electron chi connectivity index (χ1n) is 8.64. The summed E-state index contributed by atoms with van der Waals surface area (Å²) in [7, 11) is 0. The first-order valence-corrected chi connectivity index (χ1v) is 8.64. The molecule has 0 saturated carbocycles. The molecule has 7 heteroatoms. The average Bonchev–Trinajstić information content (AvgIpc) is 2.65. The Kier molecular flexibility index (Phi) is 5.88. The summed E-state index contributed by atoms with van der Waals surface area (Å²) in [6, 6.07) is 6.22. The van der Waals surface area contributed by atoms with E-state index in [2.05, 4.69) is 26.9 Å². The minimum absolute atomic E-state index is 0.0821. The molecular weight excluding hydrogens is 338 g/mol. The maximum Gasteiger partial charge on any atom is 0.271 e. The maximum absolute atomic E-state index is 13.6. The van der Waals surface area contributed by atoms with Crippen LogP contribution < -0.4 is 10.6 Å². The lowest BCUT2D eigenvalue weighted by molar-refractivity contribution is 0.0948. The molecule has 0 fully saturated rings. The van der Waals surface area contributed by atoms with Crippen molar-refractivity contribution in [2.24, 2.45) is 0 Å². The first kappa shape index (κ1) is 18.0. The van der Waals surface area contributed by atoms with E-state index in [1.165, 1.54) is 36.6 Å². The molecular formula is C19H20F2N4O. The van der Waals surface area contributed by atoms with Crippen molar-refractivity contribution in [1.82, 2.24) is 15.5 Å². The molecule has 0 unspecified atom stereocenters. The van der Waals surface area contributed by atoms with Crippen LogP contribution in [0.25, 0.3) is 0 Å². The fourth-order valence-corrected chi connectivity index (χ4v) is 2.81. The number of rotatable bonds is 6. The van der Waals surface area contributed by atoms with Crippen molar-refractivity contribution >= 4 is 17.4 Å². The summed E-state index contributed by atoms with van der Waals surface area (Å²) in [5, 5.41) is 13.2. The van der Waals surface area contributed by atoms with Gasteiger partial charge < -0.3 is 10.6 Å². The van der Waals surface area contributed by atoms with Crippen molar-refractivity contribution in [3.63, 3.8) is 0 Å². The molecule has 1 aromatic heterocycles. The standard InChI is InChI=1S/C19H20F2N4O/c20-14-6-7-16(15(21)12-14)23-18-9-8-17(24-25-18)19(26)22-11-10-13-4-2-1-3-5-13/h4,6-9,12H,1-3,5,10-11H2,(H,22,26)(H,23,25). The van der Waals surface area contributed by atoms with E-state index < -0.39 is 11.6 Å².